The Hall–Kier alpha value is -4.68. The van der Waals surface area contributed by atoms with Gasteiger partial charge in [0.1, 0.15) is 22.9 Å². The number of hydrogen-bond acceptors (Lipinski definition) is 5. The molecule has 1 unspecified atom stereocenters. The molecule has 0 spiro atoms. The molecule has 4 aromatic rings. The molecule has 7 nitrogen and oxygen atoms in total. The second-order valence-electron chi connectivity index (χ2n) is 8.51. The fourth-order valence-corrected chi connectivity index (χ4v) is 3.76. The third kappa shape index (κ3) is 7.24. The Morgan fingerprint density at radius 3 is 2.30 bits per heavy atom. The van der Waals surface area contributed by atoms with Crippen LogP contribution in [0.1, 0.15) is 28.5 Å². The van der Waals surface area contributed by atoms with Gasteiger partial charge in [0.05, 0.1) is 11.3 Å². The van der Waals surface area contributed by atoms with E-state index < -0.39 is 42.5 Å². The zero-order valence-electron chi connectivity index (χ0n) is 20.5. The van der Waals surface area contributed by atoms with Gasteiger partial charge in [-0.3, -0.25) is 5.10 Å². The largest absolute Gasteiger partial charge is 0.573 e. The van der Waals surface area contributed by atoms with Crippen LogP contribution in [0, 0.1) is 6.92 Å². The van der Waals surface area contributed by atoms with E-state index in [4.69, 9.17) is 14.6 Å². The van der Waals surface area contributed by atoms with Gasteiger partial charge in [0, 0.05) is 5.56 Å². The molecule has 40 heavy (non-hydrogen) atoms. The minimum absolute atomic E-state index is 0.223. The Morgan fingerprint density at radius 2 is 1.68 bits per heavy atom. The molecule has 0 saturated carbocycles. The van der Waals surface area contributed by atoms with E-state index in [2.05, 4.69) is 14.9 Å². The van der Waals surface area contributed by atoms with Gasteiger partial charge in [0.25, 0.3) is 0 Å². The van der Waals surface area contributed by atoms with E-state index in [1.807, 2.05) is 0 Å². The molecule has 1 aromatic heterocycles. The number of benzene rings is 3. The van der Waals surface area contributed by atoms with Crippen LogP contribution in [0.25, 0.3) is 11.3 Å². The predicted molar refractivity (Wildman–Crippen MR) is 129 cm³/mol. The molecule has 1 atom stereocenters. The first-order chi connectivity index (χ1) is 18.8. The number of halogens is 6. The summed E-state index contributed by atoms with van der Waals surface area (Å²) in [4.78, 5) is 10.8. The number of aliphatic carboxylic acids is 1. The quantitative estimate of drug-likeness (QED) is 0.213. The molecule has 210 valence electrons. The van der Waals surface area contributed by atoms with Gasteiger partial charge < -0.3 is 19.3 Å². The van der Waals surface area contributed by atoms with Crippen LogP contribution in [0.5, 0.6) is 17.2 Å². The summed E-state index contributed by atoms with van der Waals surface area (Å²) in [6.45, 7) is 1.10. The number of nitrogens with one attached hydrogen (secondary N) is 1. The molecule has 1 heterocycles. The molecule has 0 saturated heterocycles. The average molecular weight is 566 g/mol. The first-order valence-corrected chi connectivity index (χ1v) is 11.5. The predicted octanol–water partition coefficient (Wildman–Crippen LogP) is 6.93. The summed E-state index contributed by atoms with van der Waals surface area (Å²) in [5, 5.41) is 15.7. The maximum absolute atomic E-state index is 13.1. The fraction of sp³-hybridized carbons (Fsp3) is 0.185. The number of hydrogen-bond donors (Lipinski definition) is 2. The number of rotatable bonds is 9. The molecule has 0 aliphatic heterocycles. The van der Waals surface area contributed by atoms with Gasteiger partial charge in [0.2, 0.25) is 0 Å². The van der Waals surface area contributed by atoms with Crippen LogP contribution in [0.3, 0.4) is 0 Å². The molecule has 0 radical (unpaired) electrons. The molecule has 0 fully saturated rings. The Kier molecular flexibility index (Phi) is 7.93. The van der Waals surface area contributed by atoms with Crippen molar-refractivity contribution >= 4 is 5.97 Å². The number of aromatic amines is 1. The average Bonchev–Trinajstić information content (AvgIpc) is 3.35. The summed E-state index contributed by atoms with van der Waals surface area (Å²) in [5.74, 6) is -1.04. The van der Waals surface area contributed by atoms with E-state index in [1.54, 1.807) is 13.0 Å². The highest BCUT2D eigenvalue weighted by Gasteiger charge is 2.32. The van der Waals surface area contributed by atoms with Crippen LogP contribution in [0.15, 0.2) is 72.8 Å². The zero-order chi connectivity index (χ0) is 29.1. The van der Waals surface area contributed by atoms with Crippen molar-refractivity contribution in [2.75, 3.05) is 6.61 Å². The van der Waals surface area contributed by atoms with E-state index in [-0.39, 0.29) is 11.4 Å². The van der Waals surface area contributed by atoms with E-state index in [0.717, 1.165) is 24.3 Å². The van der Waals surface area contributed by atoms with Crippen molar-refractivity contribution in [3.63, 3.8) is 0 Å². The number of carboxylic acids is 1. The molecule has 0 amide bonds. The lowest BCUT2D eigenvalue weighted by molar-refractivity contribution is -0.274. The van der Waals surface area contributed by atoms with Crippen LogP contribution < -0.4 is 14.2 Å². The van der Waals surface area contributed by atoms with Crippen LogP contribution in [-0.2, 0) is 11.0 Å². The van der Waals surface area contributed by atoms with Crippen LogP contribution in [0.2, 0.25) is 0 Å². The third-order valence-corrected chi connectivity index (χ3v) is 5.54. The minimum atomic E-state index is -4.88. The molecular formula is C27H20F6N2O5. The second kappa shape index (κ2) is 11.2. The number of aromatic nitrogens is 2. The van der Waals surface area contributed by atoms with E-state index in [9.17, 15) is 31.1 Å². The normalized spacial score (nSPS) is 12.6. The van der Waals surface area contributed by atoms with Crippen LogP contribution >= 0.6 is 0 Å². The first-order valence-electron chi connectivity index (χ1n) is 11.5. The lowest BCUT2D eigenvalue weighted by Crippen LogP contribution is -2.17. The standard InChI is InChI=1S/C27H20F6N2O5/c1-15-11-19(9-10-23(15)38-14-24(36)37)39-25(16-5-7-18(8-6-16)26(28,29)30)22-13-21(34-35-22)17-3-2-4-20(12-17)40-27(31,32)33/h2-13,25H,14H2,1H3,(H,34,35)(H,36,37). The summed E-state index contributed by atoms with van der Waals surface area (Å²) < 4.78 is 92.6. The summed E-state index contributed by atoms with van der Waals surface area (Å²) >= 11 is 0. The number of alkyl halides is 6. The highest BCUT2D eigenvalue weighted by molar-refractivity contribution is 5.68. The van der Waals surface area contributed by atoms with Gasteiger partial charge in [-0.05, 0) is 66.6 Å². The van der Waals surface area contributed by atoms with Gasteiger partial charge in [-0.15, -0.1) is 13.2 Å². The summed E-state index contributed by atoms with van der Waals surface area (Å²) in [6.07, 6.45) is -10.5. The number of ether oxygens (including phenoxy) is 3. The first kappa shape index (κ1) is 28.3. The van der Waals surface area contributed by atoms with Gasteiger partial charge in [0.15, 0.2) is 12.7 Å². The van der Waals surface area contributed by atoms with Crippen molar-refractivity contribution in [1.29, 1.82) is 0 Å². The maximum atomic E-state index is 13.1. The SMILES string of the molecule is Cc1cc(OC(c2ccc(C(F)(F)F)cc2)c2cc(-c3cccc(OC(F)(F)F)c3)[nH]n2)ccc1OCC(=O)O. The highest BCUT2D eigenvalue weighted by Crippen LogP contribution is 2.35. The number of carboxylic acid groups (broad SMARTS) is 1. The smallest absolute Gasteiger partial charge is 0.482 e. The van der Waals surface area contributed by atoms with Crippen molar-refractivity contribution in [2.45, 2.75) is 25.6 Å². The van der Waals surface area contributed by atoms with Crippen LogP contribution in [0.4, 0.5) is 26.3 Å². The molecule has 13 heteroatoms. The summed E-state index contributed by atoms with van der Waals surface area (Å²) in [5.41, 5.74) is 0.813. The van der Waals surface area contributed by atoms with Crippen molar-refractivity contribution in [3.8, 4) is 28.5 Å². The molecule has 0 aliphatic rings. The summed E-state index contributed by atoms with van der Waals surface area (Å²) in [7, 11) is 0. The van der Waals surface area contributed by atoms with E-state index in [0.29, 0.717) is 28.1 Å². The number of H-pyrrole nitrogens is 1. The van der Waals surface area contributed by atoms with Crippen molar-refractivity contribution < 1.29 is 50.5 Å². The Bertz CT molecular complexity index is 1480. The van der Waals surface area contributed by atoms with Gasteiger partial charge in [-0.25, -0.2) is 4.79 Å². The van der Waals surface area contributed by atoms with Gasteiger partial charge in [-0.2, -0.15) is 18.3 Å². The fourth-order valence-electron chi connectivity index (χ4n) is 3.76. The Morgan fingerprint density at radius 1 is 0.950 bits per heavy atom. The summed E-state index contributed by atoms with van der Waals surface area (Å²) in [6, 6.07) is 15.4. The Labute approximate surface area is 222 Å². The number of carbonyl (C=O) groups is 1. The van der Waals surface area contributed by atoms with Crippen molar-refractivity contribution in [3.05, 3.63) is 95.2 Å². The molecular weight excluding hydrogens is 546 g/mol. The number of aryl methyl sites for hydroxylation is 1. The molecule has 2 N–H and O–H groups in total. The third-order valence-electron chi connectivity index (χ3n) is 5.54. The monoisotopic (exact) mass is 566 g/mol. The second-order valence-corrected chi connectivity index (χ2v) is 8.51. The molecule has 4 rings (SSSR count). The highest BCUT2D eigenvalue weighted by atomic mass is 19.4. The lowest BCUT2D eigenvalue weighted by Gasteiger charge is -2.19. The van der Waals surface area contributed by atoms with E-state index in [1.165, 1.54) is 42.5 Å². The van der Waals surface area contributed by atoms with Gasteiger partial charge in [-0.1, -0.05) is 24.3 Å². The minimum Gasteiger partial charge on any atom is -0.482 e. The van der Waals surface area contributed by atoms with Gasteiger partial charge >= 0.3 is 18.5 Å². The van der Waals surface area contributed by atoms with Crippen molar-refractivity contribution in [2.24, 2.45) is 0 Å². The molecule has 0 bridgehead atoms. The molecule has 0 aliphatic carbocycles. The topological polar surface area (TPSA) is 93.7 Å². The van der Waals surface area contributed by atoms with Crippen molar-refractivity contribution in [1.82, 2.24) is 10.2 Å². The zero-order valence-corrected chi connectivity index (χ0v) is 20.5. The molecule has 3 aromatic carbocycles. The Balaban J connectivity index is 1.67. The number of nitrogens with zero attached hydrogens (tertiary/aromatic N) is 1. The van der Waals surface area contributed by atoms with Crippen LogP contribution in [-0.4, -0.2) is 34.2 Å². The maximum Gasteiger partial charge on any atom is 0.573 e. The van der Waals surface area contributed by atoms with E-state index >= 15 is 0 Å². The lowest BCUT2D eigenvalue weighted by atomic mass is 10.0.